The van der Waals surface area contributed by atoms with Gasteiger partial charge < -0.3 is 4.57 Å². The average molecular weight is 382 g/mol. The van der Waals surface area contributed by atoms with E-state index in [0.717, 1.165) is 17.7 Å². The Hall–Kier alpha value is -2.52. The van der Waals surface area contributed by atoms with Crippen LogP contribution in [0.3, 0.4) is 0 Å². The molecule has 0 aliphatic heterocycles. The number of benzene rings is 1. The number of hydroxylamine groups is 1. The van der Waals surface area contributed by atoms with Crippen molar-refractivity contribution in [2.75, 3.05) is 6.26 Å². The van der Waals surface area contributed by atoms with Gasteiger partial charge in [-0.2, -0.15) is 0 Å². The van der Waals surface area contributed by atoms with Crippen LogP contribution in [0.25, 0.3) is 11.1 Å². The number of rotatable bonds is 6. The number of hydrogen-bond acceptors (Lipinski definition) is 5. The fourth-order valence-electron chi connectivity index (χ4n) is 2.48. The first-order valence-corrected chi connectivity index (χ1v) is 9.59. The predicted octanol–water partition coefficient (Wildman–Crippen LogP) is 1.35. The van der Waals surface area contributed by atoms with Crippen molar-refractivity contribution in [3.8, 4) is 11.1 Å². The molecule has 1 aromatic heterocycles. The number of carbonyl (C=O) groups is 1. The minimum Gasteiger partial charge on any atom is -0.313 e. The van der Waals surface area contributed by atoms with Gasteiger partial charge in [0.05, 0.1) is 0 Å². The van der Waals surface area contributed by atoms with Gasteiger partial charge in [0, 0.05) is 24.6 Å². The van der Waals surface area contributed by atoms with Crippen molar-refractivity contribution in [2.24, 2.45) is 0 Å². The number of halogens is 1. The molecule has 0 radical (unpaired) electrons. The fraction of sp³-hybridized carbons (Fsp3) is 0.294. The Labute approximate surface area is 150 Å². The maximum absolute atomic E-state index is 14.5. The highest BCUT2D eigenvalue weighted by atomic mass is 32.2. The van der Waals surface area contributed by atoms with Crippen LogP contribution in [0.4, 0.5) is 4.39 Å². The highest BCUT2D eigenvalue weighted by molar-refractivity contribution is 7.92. The maximum Gasteiger partial charge on any atom is 0.287 e. The van der Waals surface area contributed by atoms with Crippen LogP contribution in [0, 0.1) is 5.82 Å². The van der Waals surface area contributed by atoms with Crippen LogP contribution in [0.15, 0.2) is 47.4 Å². The van der Waals surface area contributed by atoms with Crippen LogP contribution in [0.5, 0.6) is 0 Å². The molecule has 1 amide bonds. The van der Waals surface area contributed by atoms with Gasteiger partial charge in [0.25, 0.3) is 11.5 Å². The highest BCUT2D eigenvalue weighted by Gasteiger charge is 2.43. The second-order valence-corrected chi connectivity index (χ2v) is 8.55. The quantitative estimate of drug-likeness (QED) is 0.580. The van der Waals surface area contributed by atoms with Crippen molar-refractivity contribution in [1.29, 1.82) is 0 Å². The number of carbonyl (C=O) groups excluding carboxylic acids is 1. The van der Waals surface area contributed by atoms with Crippen molar-refractivity contribution in [3.63, 3.8) is 0 Å². The molecule has 1 heterocycles. The van der Waals surface area contributed by atoms with Crippen LogP contribution in [-0.4, -0.2) is 35.1 Å². The number of nitrogens with one attached hydrogen (secondary N) is 1. The number of aromatic nitrogens is 1. The molecule has 0 fully saturated rings. The molecule has 0 aliphatic rings. The molecule has 7 nitrogen and oxygen atoms in total. The molecule has 0 saturated heterocycles. The summed E-state index contributed by atoms with van der Waals surface area (Å²) in [5.41, 5.74) is 1.07. The van der Waals surface area contributed by atoms with E-state index in [1.807, 2.05) is 0 Å². The average Bonchev–Trinajstić information content (AvgIpc) is 2.61. The lowest BCUT2D eigenvalue weighted by atomic mass is 10.1. The SMILES string of the molecule is C[C@@](CCn1ccc(-c2ccccc2)c(F)c1=O)(C(=O)NO)S(C)(=O)=O. The van der Waals surface area contributed by atoms with Gasteiger partial charge in [-0.15, -0.1) is 0 Å². The van der Waals surface area contributed by atoms with E-state index in [9.17, 15) is 22.4 Å². The number of pyridine rings is 1. The topological polar surface area (TPSA) is 105 Å². The molecule has 26 heavy (non-hydrogen) atoms. The van der Waals surface area contributed by atoms with Crippen LogP contribution >= 0.6 is 0 Å². The monoisotopic (exact) mass is 382 g/mol. The second-order valence-electron chi connectivity index (χ2n) is 6.10. The Bertz CT molecular complexity index is 972. The van der Waals surface area contributed by atoms with Crippen molar-refractivity contribution >= 4 is 15.7 Å². The smallest absolute Gasteiger partial charge is 0.287 e. The van der Waals surface area contributed by atoms with E-state index in [1.54, 1.807) is 30.3 Å². The van der Waals surface area contributed by atoms with Crippen molar-refractivity contribution < 1.29 is 22.8 Å². The largest absolute Gasteiger partial charge is 0.313 e. The summed E-state index contributed by atoms with van der Waals surface area (Å²) >= 11 is 0. The predicted molar refractivity (Wildman–Crippen MR) is 93.9 cm³/mol. The Morgan fingerprint density at radius 1 is 1.27 bits per heavy atom. The minimum absolute atomic E-state index is 0.130. The molecule has 9 heteroatoms. The van der Waals surface area contributed by atoms with Crippen LogP contribution < -0.4 is 11.0 Å². The van der Waals surface area contributed by atoms with E-state index in [0.29, 0.717) is 5.56 Å². The minimum atomic E-state index is -3.90. The Morgan fingerprint density at radius 3 is 2.42 bits per heavy atom. The van der Waals surface area contributed by atoms with Crippen molar-refractivity contribution in [2.45, 2.75) is 24.6 Å². The summed E-state index contributed by atoms with van der Waals surface area (Å²) in [6, 6.07) is 9.93. The maximum atomic E-state index is 14.5. The number of amides is 1. The molecule has 0 bridgehead atoms. The lowest BCUT2D eigenvalue weighted by Crippen LogP contribution is -2.50. The van der Waals surface area contributed by atoms with Gasteiger partial charge in [-0.05, 0) is 25.0 Å². The molecule has 0 unspecified atom stereocenters. The second kappa shape index (κ2) is 7.38. The number of hydrogen-bond donors (Lipinski definition) is 2. The molecule has 2 rings (SSSR count). The summed E-state index contributed by atoms with van der Waals surface area (Å²) in [5.74, 6) is -2.08. The summed E-state index contributed by atoms with van der Waals surface area (Å²) < 4.78 is 37.4. The third-order valence-electron chi connectivity index (χ3n) is 4.42. The zero-order chi connectivity index (χ0) is 19.5. The zero-order valence-corrected chi connectivity index (χ0v) is 15.1. The third-order valence-corrected chi connectivity index (χ3v) is 6.45. The lowest BCUT2D eigenvalue weighted by molar-refractivity contribution is -0.131. The van der Waals surface area contributed by atoms with E-state index in [1.165, 1.54) is 17.7 Å². The van der Waals surface area contributed by atoms with E-state index < -0.39 is 31.9 Å². The molecule has 1 aromatic carbocycles. The number of sulfone groups is 1. The Kier molecular flexibility index (Phi) is 5.62. The van der Waals surface area contributed by atoms with Crippen LogP contribution in [-0.2, 0) is 21.2 Å². The molecule has 2 aromatic rings. The van der Waals surface area contributed by atoms with Gasteiger partial charge in [0.1, 0.15) is 0 Å². The first kappa shape index (κ1) is 19.8. The first-order chi connectivity index (χ1) is 12.1. The van der Waals surface area contributed by atoms with E-state index in [2.05, 4.69) is 0 Å². The number of nitrogens with zero attached hydrogens (tertiary/aromatic N) is 1. The van der Waals surface area contributed by atoms with Crippen LogP contribution in [0.2, 0.25) is 0 Å². The summed E-state index contributed by atoms with van der Waals surface area (Å²) in [6.07, 6.45) is 1.87. The normalized spacial score (nSPS) is 13.8. The van der Waals surface area contributed by atoms with E-state index in [-0.39, 0.29) is 18.5 Å². The van der Waals surface area contributed by atoms with Gasteiger partial charge in [0.15, 0.2) is 20.4 Å². The van der Waals surface area contributed by atoms with E-state index in [4.69, 9.17) is 5.21 Å². The summed E-state index contributed by atoms with van der Waals surface area (Å²) in [4.78, 5) is 24.0. The summed E-state index contributed by atoms with van der Waals surface area (Å²) in [7, 11) is -3.90. The molecule has 2 N–H and O–H groups in total. The lowest BCUT2D eigenvalue weighted by Gasteiger charge is -2.25. The molecular formula is C17H19FN2O5S. The molecular weight excluding hydrogens is 363 g/mol. The molecule has 0 saturated carbocycles. The Balaban J connectivity index is 2.35. The number of aryl methyl sites for hydroxylation is 1. The fourth-order valence-corrected chi connectivity index (χ4v) is 3.33. The highest BCUT2D eigenvalue weighted by Crippen LogP contribution is 2.23. The Morgan fingerprint density at radius 2 is 1.88 bits per heavy atom. The van der Waals surface area contributed by atoms with Gasteiger partial charge in [-0.3, -0.25) is 14.8 Å². The molecule has 140 valence electrons. The van der Waals surface area contributed by atoms with Gasteiger partial charge in [0.2, 0.25) is 0 Å². The molecule has 0 aliphatic carbocycles. The standard InChI is InChI=1S/C17H19FN2O5S/c1-17(16(22)19-23,26(2,24)25)9-11-20-10-8-13(14(18)15(20)21)12-6-4-3-5-7-12/h3-8,10,23H,9,11H2,1-2H3,(H,19,22)/t17-/m1/s1. The summed E-state index contributed by atoms with van der Waals surface area (Å²) in [6.45, 7) is 0.912. The van der Waals surface area contributed by atoms with Crippen molar-refractivity contribution in [1.82, 2.24) is 10.0 Å². The third kappa shape index (κ3) is 3.68. The van der Waals surface area contributed by atoms with Crippen LogP contribution in [0.1, 0.15) is 13.3 Å². The van der Waals surface area contributed by atoms with E-state index >= 15 is 0 Å². The zero-order valence-electron chi connectivity index (χ0n) is 14.3. The molecule has 1 atom stereocenters. The van der Waals surface area contributed by atoms with Crippen molar-refractivity contribution in [3.05, 3.63) is 58.8 Å². The van der Waals surface area contributed by atoms with Gasteiger partial charge >= 0.3 is 0 Å². The first-order valence-electron chi connectivity index (χ1n) is 7.70. The molecule has 0 spiro atoms. The van der Waals surface area contributed by atoms with Gasteiger partial charge in [-0.1, -0.05) is 30.3 Å². The summed E-state index contributed by atoms with van der Waals surface area (Å²) in [5, 5.41) is 8.80. The van der Waals surface area contributed by atoms with Gasteiger partial charge in [-0.25, -0.2) is 18.3 Å².